The van der Waals surface area contributed by atoms with Crippen LogP contribution in [0.4, 0.5) is 9.59 Å². The van der Waals surface area contributed by atoms with Gasteiger partial charge in [-0.2, -0.15) is 0 Å². The van der Waals surface area contributed by atoms with E-state index in [1.165, 1.54) is 12.0 Å². The number of amides is 2. The Bertz CT molecular complexity index is 1990. The van der Waals surface area contributed by atoms with Crippen LogP contribution in [0.25, 0.3) is 44.2 Å². The van der Waals surface area contributed by atoms with E-state index in [-0.39, 0.29) is 30.0 Å². The van der Waals surface area contributed by atoms with Gasteiger partial charge < -0.3 is 29.9 Å². The first-order valence-corrected chi connectivity index (χ1v) is 17.4. The molecule has 2 unspecified atom stereocenters. The highest BCUT2D eigenvalue weighted by Crippen LogP contribution is 2.37. The number of hydrogen-bond donors (Lipinski definition) is 4. The van der Waals surface area contributed by atoms with E-state index >= 15 is 0 Å². The number of likely N-dealkylation sites (tertiary alicyclic amines) is 2. The van der Waals surface area contributed by atoms with Gasteiger partial charge in [0.25, 0.3) is 0 Å². The van der Waals surface area contributed by atoms with Crippen molar-refractivity contribution < 1.29 is 24.2 Å². The number of benzene rings is 3. The van der Waals surface area contributed by atoms with Gasteiger partial charge in [0.15, 0.2) is 0 Å². The summed E-state index contributed by atoms with van der Waals surface area (Å²) in [4.78, 5) is 44.5. The van der Waals surface area contributed by atoms with Gasteiger partial charge in [0.05, 0.1) is 48.7 Å². The van der Waals surface area contributed by atoms with Crippen LogP contribution >= 0.6 is 0 Å². The Labute approximate surface area is 291 Å². The molecule has 0 radical (unpaired) electrons. The fourth-order valence-corrected chi connectivity index (χ4v) is 7.64. The lowest BCUT2D eigenvalue weighted by Crippen LogP contribution is -2.46. The van der Waals surface area contributed by atoms with E-state index < -0.39 is 12.2 Å². The predicted octanol–water partition coefficient (Wildman–Crippen LogP) is 6.98. The Morgan fingerprint density at radius 3 is 2.52 bits per heavy atom. The van der Waals surface area contributed by atoms with Crippen LogP contribution in [0.1, 0.15) is 56.8 Å². The summed E-state index contributed by atoms with van der Waals surface area (Å²) in [5, 5.41) is 14.9. The Morgan fingerprint density at radius 1 is 1.00 bits per heavy atom. The van der Waals surface area contributed by atoms with Crippen LogP contribution in [-0.4, -0.2) is 93.5 Å². The molecular formula is C38H45N7O5. The number of imidazole rings is 2. The number of carboxylic acid groups (broad SMARTS) is 1. The van der Waals surface area contributed by atoms with Crippen LogP contribution in [0.5, 0.6) is 0 Å². The predicted molar refractivity (Wildman–Crippen MR) is 192 cm³/mol. The minimum Gasteiger partial charge on any atom is -0.465 e. The van der Waals surface area contributed by atoms with Crippen molar-refractivity contribution in [2.75, 3.05) is 40.5 Å². The number of carbonyl (C=O) groups excluding carboxylic acids is 1. The van der Waals surface area contributed by atoms with Crippen LogP contribution in [0, 0.1) is 11.8 Å². The summed E-state index contributed by atoms with van der Waals surface area (Å²) < 4.78 is 10.2. The lowest BCUT2D eigenvalue weighted by Gasteiger charge is -2.30. The number of aromatic nitrogens is 4. The maximum absolute atomic E-state index is 12.0. The summed E-state index contributed by atoms with van der Waals surface area (Å²) >= 11 is 0. The van der Waals surface area contributed by atoms with E-state index in [0.29, 0.717) is 25.4 Å². The Kier molecular flexibility index (Phi) is 9.48. The number of nitrogens with zero attached hydrogens (tertiary/aromatic N) is 4. The van der Waals surface area contributed by atoms with Crippen LogP contribution < -0.4 is 5.32 Å². The molecule has 4 N–H and O–H groups in total. The minimum atomic E-state index is -0.940. The topological polar surface area (TPSA) is 149 Å². The zero-order valence-corrected chi connectivity index (χ0v) is 29.0. The molecule has 5 aromatic rings. The zero-order valence-electron chi connectivity index (χ0n) is 29.0. The number of nitrogens with one attached hydrogen (secondary N) is 3. The van der Waals surface area contributed by atoms with Gasteiger partial charge in [-0.1, -0.05) is 56.3 Å². The number of aromatic amines is 2. The largest absolute Gasteiger partial charge is 0.465 e. The van der Waals surface area contributed by atoms with Gasteiger partial charge in [-0.05, 0) is 65.9 Å². The molecule has 0 spiro atoms. The molecule has 0 saturated carbocycles. The molecule has 0 bridgehead atoms. The van der Waals surface area contributed by atoms with Crippen molar-refractivity contribution in [2.45, 2.75) is 51.2 Å². The van der Waals surface area contributed by atoms with Crippen molar-refractivity contribution in [2.24, 2.45) is 11.8 Å². The molecule has 2 fully saturated rings. The Balaban J connectivity index is 1.07. The van der Waals surface area contributed by atoms with Crippen molar-refractivity contribution in [1.29, 1.82) is 0 Å². The van der Waals surface area contributed by atoms with Gasteiger partial charge in [-0.3, -0.25) is 9.80 Å². The highest BCUT2D eigenvalue weighted by atomic mass is 16.5. The summed E-state index contributed by atoms with van der Waals surface area (Å²) in [5.41, 5.74) is 5.97. The molecule has 50 heavy (non-hydrogen) atoms. The van der Waals surface area contributed by atoms with Crippen molar-refractivity contribution in [3.63, 3.8) is 0 Å². The molecule has 2 aliphatic heterocycles. The SMILES string of the molecule is COCC1CC(c2nc3c(ccc4cc(-c5ccc(-c6cnc([C@@H]7CCCN7C[C@@H](NC(=O)OC)C(C)C)[nH]6)cc5)ccc43)[nH]2)N(C(=O)O)C1. The molecule has 2 aromatic heterocycles. The highest BCUT2D eigenvalue weighted by molar-refractivity contribution is 6.05. The fourth-order valence-electron chi connectivity index (χ4n) is 7.64. The summed E-state index contributed by atoms with van der Waals surface area (Å²) in [6.07, 6.45) is 3.33. The quantitative estimate of drug-likeness (QED) is 0.124. The van der Waals surface area contributed by atoms with E-state index in [0.717, 1.165) is 75.9 Å². The third-order valence-corrected chi connectivity index (χ3v) is 10.4. The van der Waals surface area contributed by atoms with Crippen molar-refractivity contribution >= 4 is 34.0 Å². The Hall–Kier alpha value is -4.94. The molecular weight excluding hydrogens is 634 g/mol. The average Bonchev–Trinajstić information content (AvgIpc) is 3.93. The number of alkyl carbamates (subject to hydrolysis) is 1. The number of ether oxygens (including phenoxy) is 2. The summed E-state index contributed by atoms with van der Waals surface area (Å²) in [7, 11) is 3.04. The van der Waals surface area contributed by atoms with Crippen molar-refractivity contribution in [3.8, 4) is 22.4 Å². The van der Waals surface area contributed by atoms with Crippen LogP contribution in [-0.2, 0) is 9.47 Å². The molecule has 4 heterocycles. The standard InChI is InChI=1S/C38H45N7O5/c1-22(2)31(42-37(46)50-4)20-44-15-5-6-32(44)35-39-18-30(41-35)25-9-7-24(8-10-25)26-11-13-28-27(17-26)12-14-29-34(28)43-36(40-29)33-16-23(21-49-3)19-45(33)38(47)48/h7-14,17-18,22-23,31-33H,5-6,15-16,19-21H2,1-4H3,(H,39,41)(H,40,43)(H,42,46)(H,47,48)/t23?,31-,32+,33?/m1/s1. The first-order chi connectivity index (χ1) is 24.2. The first kappa shape index (κ1) is 33.6. The van der Waals surface area contributed by atoms with Gasteiger partial charge in [-0.15, -0.1) is 0 Å². The third kappa shape index (κ3) is 6.65. The second-order valence-electron chi connectivity index (χ2n) is 13.9. The number of hydrogen-bond acceptors (Lipinski definition) is 7. The maximum Gasteiger partial charge on any atom is 0.407 e. The molecule has 0 aliphatic carbocycles. The number of methoxy groups -OCH3 is 2. The molecule has 12 heteroatoms. The molecule has 7 rings (SSSR count). The van der Waals surface area contributed by atoms with Gasteiger partial charge >= 0.3 is 12.2 Å². The number of fused-ring (bicyclic) bond motifs is 3. The van der Waals surface area contributed by atoms with E-state index in [2.05, 4.69) is 82.6 Å². The molecule has 2 saturated heterocycles. The average molecular weight is 680 g/mol. The van der Waals surface area contributed by atoms with Crippen LogP contribution in [0.3, 0.4) is 0 Å². The second-order valence-corrected chi connectivity index (χ2v) is 13.9. The normalized spacial score (nSPS) is 20.3. The van der Waals surface area contributed by atoms with Gasteiger partial charge in [0, 0.05) is 37.5 Å². The van der Waals surface area contributed by atoms with E-state index in [4.69, 9.17) is 19.4 Å². The lowest BCUT2D eigenvalue weighted by molar-refractivity contribution is 0.131. The smallest absolute Gasteiger partial charge is 0.407 e. The summed E-state index contributed by atoms with van der Waals surface area (Å²) in [5.74, 6) is 2.03. The van der Waals surface area contributed by atoms with Gasteiger partial charge in [0.1, 0.15) is 11.6 Å². The zero-order chi connectivity index (χ0) is 34.9. The molecule has 2 aliphatic rings. The molecule has 3 aromatic carbocycles. The van der Waals surface area contributed by atoms with Crippen molar-refractivity contribution in [3.05, 3.63) is 72.4 Å². The number of H-pyrrole nitrogens is 2. The molecule has 4 atom stereocenters. The number of rotatable bonds is 10. The van der Waals surface area contributed by atoms with Crippen molar-refractivity contribution in [1.82, 2.24) is 35.1 Å². The van der Waals surface area contributed by atoms with Gasteiger partial charge in [0.2, 0.25) is 0 Å². The summed E-state index contributed by atoms with van der Waals surface area (Å²) in [6, 6.07) is 18.8. The maximum atomic E-state index is 12.0. The van der Waals surface area contributed by atoms with Crippen LogP contribution in [0.2, 0.25) is 0 Å². The number of carbonyl (C=O) groups is 2. The summed E-state index contributed by atoms with van der Waals surface area (Å²) in [6.45, 7) is 6.87. The lowest BCUT2D eigenvalue weighted by atomic mass is 9.99. The molecule has 2 amide bonds. The monoisotopic (exact) mass is 679 g/mol. The molecule has 262 valence electrons. The second kappa shape index (κ2) is 14.1. The van der Waals surface area contributed by atoms with E-state index in [1.807, 2.05) is 12.3 Å². The fraction of sp³-hybridized carbons (Fsp3) is 0.421. The van der Waals surface area contributed by atoms with Crippen LogP contribution in [0.15, 0.2) is 60.8 Å². The molecule has 12 nitrogen and oxygen atoms in total. The van der Waals surface area contributed by atoms with E-state index in [9.17, 15) is 14.7 Å². The third-order valence-electron chi connectivity index (χ3n) is 10.4. The Morgan fingerprint density at radius 2 is 1.78 bits per heavy atom. The van der Waals surface area contributed by atoms with Gasteiger partial charge in [-0.25, -0.2) is 19.6 Å². The first-order valence-electron chi connectivity index (χ1n) is 17.4. The minimum absolute atomic E-state index is 0.0148. The van der Waals surface area contributed by atoms with E-state index in [1.54, 1.807) is 7.11 Å². The highest BCUT2D eigenvalue weighted by Gasteiger charge is 2.38.